The summed E-state index contributed by atoms with van der Waals surface area (Å²) in [7, 11) is 0.484. The van der Waals surface area contributed by atoms with E-state index >= 15 is 0 Å². The Hall–Kier alpha value is -1.32. The van der Waals surface area contributed by atoms with Crippen LogP contribution in [0.2, 0.25) is 5.02 Å². The average Bonchev–Trinajstić information content (AvgIpc) is 2.57. The molecule has 2 aromatic carbocycles. The van der Waals surface area contributed by atoms with E-state index in [4.69, 9.17) is 11.6 Å². The number of nitrogens with zero attached hydrogens (tertiary/aromatic N) is 2. The Morgan fingerprint density at radius 3 is 2.31 bits per heavy atom. The molecule has 0 aliphatic carbocycles. The standard InChI is InChI=1S/C18H22ClN3O2S.HI/c1-20-18(22(2)13-15-6-4-5-7-17(15)19)21-12-14-8-10-16(11-9-14)25(3,23)24;/h4-11H,12-13H2,1-3H3,(H,20,21);1H. The maximum atomic E-state index is 11.5. The zero-order valence-corrected chi connectivity index (χ0v) is 18.8. The van der Waals surface area contributed by atoms with Crippen LogP contribution in [0.25, 0.3) is 0 Å². The molecule has 0 saturated carbocycles. The van der Waals surface area contributed by atoms with Gasteiger partial charge in [0.25, 0.3) is 0 Å². The highest BCUT2D eigenvalue weighted by atomic mass is 127. The van der Waals surface area contributed by atoms with Crippen LogP contribution in [0.3, 0.4) is 0 Å². The second-order valence-electron chi connectivity index (χ2n) is 5.76. The molecule has 0 atom stereocenters. The summed E-state index contributed by atoms with van der Waals surface area (Å²) < 4.78 is 23.0. The lowest BCUT2D eigenvalue weighted by Gasteiger charge is -2.22. The Balaban J connectivity index is 0.00000338. The summed E-state index contributed by atoms with van der Waals surface area (Å²) in [5.74, 6) is 0.729. The van der Waals surface area contributed by atoms with E-state index in [9.17, 15) is 8.42 Å². The molecule has 2 aromatic rings. The quantitative estimate of drug-likeness (QED) is 0.382. The fourth-order valence-electron chi connectivity index (χ4n) is 2.38. The molecule has 0 bridgehead atoms. The van der Waals surface area contributed by atoms with Crippen molar-refractivity contribution >= 4 is 51.4 Å². The molecule has 8 heteroatoms. The average molecular weight is 508 g/mol. The summed E-state index contributed by atoms with van der Waals surface area (Å²) >= 11 is 6.20. The zero-order valence-electron chi connectivity index (χ0n) is 14.9. The second-order valence-corrected chi connectivity index (χ2v) is 8.19. The van der Waals surface area contributed by atoms with Crippen LogP contribution in [0.1, 0.15) is 11.1 Å². The number of guanidine groups is 1. The highest BCUT2D eigenvalue weighted by Crippen LogP contribution is 2.16. The van der Waals surface area contributed by atoms with Gasteiger partial charge >= 0.3 is 0 Å². The van der Waals surface area contributed by atoms with Crippen LogP contribution in [0.4, 0.5) is 0 Å². The third-order valence-corrected chi connectivity index (χ3v) is 5.24. The molecule has 2 rings (SSSR count). The number of halogens is 2. The fourth-order valence-corrected chi connectivity index (χ4v) is 3.20. The lowest BCUT2D eigenvalue weighted by Crippen LogP contribution is -2.38. The van der Waals surface area contributed by atoms with Crippen LogP contribution < -0.4 is 5.32 Å². The monoisotopic (exact) mass is 507 g/mol. The van der Waals surface area contributed by atoms with Crippen LogP contribution in [0.5, 0.6) is 0 Å². The Morgan fingerprint density at radius 1 is 1.15 bits per heavy atom. The van der Waals surface area contributed by atoms with E-state index in [1.165, 1.54) is 6.26 Å². The molecule has 0 aliphatic rings. The third kappa shape index (κ3) is 6.44. The Bertz CT molecular complexity index is 855. The number of hydrogen-bond donors (Lipinski definition) is 1. The van der Waals surface area contributed by atoms with Gasteiger partial charge in [-0.3, -0.25) is 4.99 Å². The SMILES string of the molecule is CN=C(NCc1ccc(S(C)(=O)=O)cc1)N(C)Cc1ccccc1Cl.I. The maximum Gasteiger partial charge on any atom is 0.193 e. The van der Waals surface area contributed by atoms with Gasteiger partial charge in [0.05, 0.1) is 4.90 Å². The maximum absolute atomic E-state index is 11.5. The molecule has 1 N–H and O–H groups in total. The first kappa shape index (κ1) is 22.7. The van der Waals surface area contributed by atoms with Gasteiger partial charge in [-0.05, 0) is 29.3 Å². The lowest BCUT2D eigenvalue weighted by molar-refractivity contribution is 0.476. The number of hydrogen-bond acceptors (Lipinski definition) is 3. The topological polar surface area (TPSA) is 61.8 Å². The molecule has 0 aromatic heterocycles. The first-order valence-electron chi connectivity index (χ1n) is 7.75. The van der Waals surface area contributed by atoms with Crippen molar-refractivity contribution < 1.29 is 8.42 Å². The molecule has 0 saturated heterocycles. The summed E-state index contributed by atoms with van der Waals surface area (Å²) in [6.45, 7) is 1.18. The van der Waals surface area contributed by atoms with E-state index in [1.807, 2.05) is 36.2 Å². The molecule has 0 aliphatic heterocycles. The Kier molecular flexibility index (Phi) is 8.85. The molecule has 142 valence electrons. The van der Waals surface area contributed by atoms with E-state index in [1.54, 1.807) is 31.3 Å². The predicted octanol–water partition coefficient (Wildman–Crippen LogP) is 3.57. The first-order valence-corrected chi connectivity index (χ1v) is 10.0. The van der Waals surface area contributed by atoms with Crippen LogP contribution in [-0.2, 0) is 22.9 Å². The Labute approximate surface area is 177 Å². The second kappa shape index (κ2) is 10.1. The van der Waals surface area contributed by atoms with Crippen LogP contribution in [0.15, 0.2) is 58.4 Å². The van der Waals surface area contributed by atoms with Crippen molar-refractivity contribution in [2.45, 2.75) is 18.0 Å². The molecule has 0 amide bonds. The van der Waals surface area contributed by atoms with E-state index in [0.717, 1.165) is 22.1 Å². The van der Waals surface area contributed by atoms with Gasteiger partial charge in [-0.25, -0.2) is 8.42 Å². The molecule has 26 heavy (non-hydrogen) atoms. The van der Waals surface area contributed by atoms with Gasteiger partial charge in [-0.15, -0.1) is 24.0 Å². The number of sulfone groups is 1. The van der Waals surface area contributed by atoms with Crippen LogP contribution >= 0.6 is 35.6 Å². The number of benzene rings is 2. The van der Waals surface area contributed by atoms with Gasteiger partial charge in [-0.2, -0.15) is 0 Å². The highest BCUT2D eigenvalue weighted by Gasteiger charge is 2.10. The van der Waals surface area contributed by atoms with Crippen molar-refractivity contribution in [3.8, 4) is 0 Å². The van der Waals surface area contributed by atoms with Crippen molar-refractivity contribution in [2.75, 3.05) is 20.4 Å². The highest BCUT2D eigenvalue weighted by molar-refractivity contribution is 14.0. The van der Waals surface area contributed by atoms with Crippen molar-refractivity contribution in [3.05, 3.63) is 64.7 Å². The molecule has 0 radical (unpaired) electrons. The minimum atomic E-state index is -3.17. The normalized spacial score (nSPS) is 11.6. The molecular weight excluding hydrogens is 485 g/mol. The van der Waals surface area contributed by atoms with Gasteiger partial charge < -0.3 is 10.2 Å². The van der Waals surface area contributed by atoms with E-state index < -0.39 is 9.84 Å². The largest absolute Gasteiger partial charge is 0.352 e. The van der Waals surface area contributed by atoms with Crippen molar-refractivity contribution in [1.82, 2.24) is 10.2 Å². The number of rotatable bonds is 5. The van der Waals surface area contributed by atoms with E-state index in [2.05, 4.69) is 10.3 Å². The molecular formula is C18H23ClIN3O2S. The zero-order chi connectivity index (χ0) is 18.4. The molecule has 0 fully saturated rings. The van der Waals surface area contributed by atoms with E-state index in [0.29, 0.717) is 18.0 Å². The van der Waals surface area contributed by atoms with E-state index in [-0.39, 0.29) is 24.0 Å². The van der Waals surface area contributed by atoms with Crippen molar-refractivity contribution in [2.24, 2.45) is 4.99 Å². The Morgan fingerprint density at radius 2 is 1.77 bits per heavy atom. The van der Waals surface area contributed by atoms with Crippen molar-refractivity contribution in [1.29, 1.82) is 0 Å². The molecule has 0 unspecified atom stereocenters. The number of nitrogens with one attached hydrogen (secondary N) is 1. The molecule has 0 heterocycles. The summed E-state index contributed by atoms with van der Waals surface area (Å²) in [5, 5.41) is 3.99. The van der Waals surface area contributed by atoms with Crippen LogP contribution in [-0.4, -0.2) is 39.6 Å². The van der Waals surface area contributed by atoms with Crippen molar-refractivity contribution in [3.63, 3.8) is 0 Å². The van der Waals surface area contributed by atoms with Gasteiger partial charge in [-0.1, -0.05) is 41.9 Å². The van der Waals surface area contributed by atoms with Gasteiger partial charge in [0.1, 0.15) is 0 Å². The van der Waals surface area contributed by atoms with Gasteiger partial charge in [0.15, 0.2) is 15.8 Å². The molecule has 5 nitrogen and oxygen atoms in total. The minimum Gasteiger partial charge on any atom is -0.352 e. The molecule has 0 spiro atoms. The lowest BCUT2D eigenvalue weighted by atomic mass is 10.2. The van der Waals surface area contributed by atoms with Gasteiger partial charge in [0.2, 0.25) is 0 Å². The minimum absolute atomic E-state index is 0. The summed E-state index contributed by atoms with van der Waals surface area (Å²) in [5.41, 5.74) is 1.99. The summed E-state index contributed by atoms with van der Waals surface area (Å²) in [6.07, 6.45) is 1.20. The van der Waals surface area contributed by atoms with Gasteiger partial charge in [0, 0.05) is 38.5 Å². The number of aliphatic imine (C=N–C) groups is 1. The fraction of sp³-hybridized carbons (Fsp3) is 0.278. The summed E-state index contributed by atoms with van der Waals surface area (Å²) in [6, 6.07) is 14.5. The predicted molar refractivity (Wildman–Crippen MR) is 118 cm³/mol. The summed E-state index contributed by atoms with van der Waals surface area (Å²) in [4.78, 5) is 6.57. The van der Waals surface area contributed by atoms with Crippen LogP contribution in [0, 0.1) is 0 Å². The first-order chi connectivity index (χ1) is 11.8. The third-order valence-electron chi connectivity index (χ3n) is 3.74. The smallest absolute Gasteiger partial charge is 0.193 e.